The van der Waals surface area contributed by atoms with E-state index in [0.29, 0.717) is 13.0 Å². The van der Waals surface area contributed by atoms with Crippen molar-refractivity contribution in [3.8, 4) is 0 Å². The zero-order valence-corrected chi connectivity index (χ0v) is 12.3. The minimum absolute atomic E-state index is 0.000923. The lowest BCUT2D eigenvalue weighted by Gasteiger charge is -2.23. The van der Waals surface area contributed by atoms with E-state index in [1.165, 1.54) is 0 Å². The molecule has 0 bridgehead atoms. The number of nitrogens with one attached hydrogen (secondary N) is 3. The molecule has 0 saturated heterocycles. The van der Waals surface area contributed by atoms with Gasteiger partial charge in [0.2, 0.25) is 5.91 Å². The smallest absolute Gasteiger partial charge is 0.238 e. The summed E-state index contributed by atoms with van der Waals surface area (Å²) in [5.41, 5.74) is 3.03. The second-order valence-corrected chi connectivity index (χ2v) is 5.91. The fourth-order valence-electron chi connectivity index (χ4n) is 2.30. The topological polar surface area (TPSA) is 82.7 Å². The maximum Gasteiger partial charge on any atom is 0.238 e. The van der Waals surface area contributed by atoms with Crippen LogP contribution >= 0.6 is 11.3 Å². The van der Waals surface area contributed by atoms with Gasteiger partial charge in [-0.3, -0.25) is 10.1 Å². The van der Waals surface area contributed by atoms with Gasteiger partial charge < -0.3 is 10.3 Å². The quantitative estimate of drug-likeness (QED) is 0.790. The molecule has 20 heavy (non-hydrogen) atoms. The van der Waals surface area contributed by atoms with E-state index in [1.807, 2.05) is 19.2 Å². The largest absolute Gasteiger partial charge is 0.347 e. The lowest BCUT2D eigenvalue weighted by Crippen LogP contribution is -2.48. The number of imidazole rings is 1. The molecule has 2 aromatic heterocycles. The second-order valence-electron chi connectivity index (χ2n) is 5.02. The average molecular weight is 291 g/mol. The van der Waals surface area contributed by atoms with Gasteiger partial charge in [0.05, 0.1) is 29.8 Å². The van der Waals surface area contributed by atoms with Crippen molar-refractivity contribution in [2.75, 3.05) is 0 Å². The molecule has 3 heterocycles. The Hall–Kier alpha value is -1.73. The van der Waals surface area contributed by atoms with Crippen LogP contribution in [0.25, 0.3) is 0 Å². The van der Waals surface area contributed by atoms with Gasteiger partial charge >= 0.3 is 0 Å². The third-order valence-corrected chi connectivity index (χ3v) is 4.56. The van der Waals surface area contributed by atoms with Gasteiger partial charge in [0.1, 0.15) is 5.01 Å². The Labute approximate surface area is 121 Å². The summed E-state index contributed by atoms with van der Waals surface area (Å²) in [5, 5.41) is 9.16. The fourth-order valence-corrected chi connectivity index (χ4v) is 3.11. The first kappa shape index (κ1) is 13.3. The molecular weight excluding hydrogens is 274 g/mol. The molecule has 6 nitrogen and oxygen atoms in total. The van der Waals surface area contributed by atoms with Crippen LogP contribution in [0, 0.1) is 6.92 Å². The standard InChI is InChI=1S/C13H17N5OS/c1-7-5-20-13(17-7)8(2)18-12(19)10-3-9-11(4-14-10)16-6-15-9/h5-6,8,10,14H,3-4H2,1-2H3,(H,15,16)(H,18,19). The highest BCUT2D eigenvalue weighted by Crippen LogP contribution is 2.18. The number of rotatable bonds is 3. The Balaban J connectivity index is 1.63. The Morgan fingerprint density at radius 1 is 1.60 bits per heavy atom. The maximum absolute atomic E-state index is 12.3. The van der Waals surface area contributed by atoms with Gasteiger partial charge in [-0.2, -0.15) is 0 Å². The summed E-state index contributed by atoms with van der Waals surface area (Å²) in [5.74, 6) is -0.000923. The molecule has 0 spiro atoms. The highest BCUT2D eigenvalue weighted by Gasteiger charge is 2.27. The van der Waals surface area contributed by atoms with Gasteiger partial charge in [-0.15, -0.1) is 11.3 Å². The molecule has 2 unspecified atom stereocenters. The first-order valence-corrected chi connectivity index (χ1v) is 7.48. The van der Waals surface area contributed by atoms with Crippen molar-refractivity contribution in [2.45, 2.75) is 38.9 Å². The third-order valence-electron chi connectivity index (χ3n) is 3.41. The van der Waals surface area contributed by atoms with Gasteiger partial charge in [-0.25, -0.2) is 9.97 Å². The Bertz CT molecular complexity index is 620. The first-order chi connectivity index (χ1) is 9.63. The van der Waals surface area contributed by atoms with Gasteiger partial charge in [0.25, 0.3) is 0 Å². The third kappa shape index (κ3) is 2.59. The number of H-pyrrole nitrogens is 1. The number of thiazole rings is 1. The molecule has 1 amide bonds. The summed E-state index contributed by atoms with van der Waals surface area (Å²) in [4.78, 5) is 24.0. The van der Waals surface area contributed by atoms with Crippen molar-refractivity contribution < 1.29 is 4.79 Å². The molecule has 0 aliphatic carbocycles. The molecule has 0 saturated carbocycles. The predicted octanol–water partition coefficient (Wildman–Crippen LogP) is 1.07. The maximum atomic E-state index is 12.3. The number of fused-ring (bicyclic) bond motifs is 1. The number of aromatic nitrogens is 3. The molecule has 7 heteroatoms. The predicted molar refractivity (Wildman–Crippen MR) is 76.3 cm³/mol. The van der Waals surface area contributed by atoms with E-state index < -0.39 is 0 Å². The lowest BCUT2D eigenvalue weighted by molar-refractivity contribution is -0.124. The van der Waals surface area contributed by atoms with E-state index in [2.05, 4.69) is 25.6 Å². The number of nitrogens with zero attached hydrogens (tertiary/aromatic N) is 2. The van der Waals surface area contributed by atoms with E-state index in [-0.39, 0.29) is 18.0 Å². The van der Waals surface area contributed by atoms with Gasteiger partial charge in [-0.05, 0) is 13.8 Å². The molecule has 0 radical (unpaired) electrons. The van der Waals surface area contributed by atoms with Gasteiger partial charge in [0.15, 0.2) is 0 Å². The van der Waals surface area contributed by atoms with Crippen LogP contribution in [0.5, 0.6) is 0 Å². The number of amides is 1. The number of hydrogen-bond acceptors (Lipinski definition) is 5. The molecule has 0 fully saturated rings. The second kappa shape index (κ2) is 5.34. The van der Waals surface area contributed by atoms with E-state index >= 15 is 0 Å². The number of carbonyl (C=O) groups is 1. The summed E-state index contributed by atoms with van der Waals surface area (Å²) in [6, 6.07) is -0.294. The minimum Gasteiger partial charge on any atom is -0.347 e. The van der Waals surface area contributed by atoms with E-state index in [9.17, 15) is 4.79 Å². The van der Waals surface area contributed by atoms with Crippen LogP contribution in [0.1, 0.15) is 35.1 Å². The molecular formula is C13H17N5OS. The number of carbonyl (C=O) groups excluding carboxylic acids is 1. The van der Waals surface area contributed by atoms with Crippen LogP contribution < -0.4 is 10.6 Å². The summed E-state index contributed by atoms with van der Waals surface area (Å²) in [6.45, 7) is 4.56. The molecule has 0 aromatic carbocycles. The van der Waals surface area contributed by atoms with Gasteiger partial charge in [-0.1, -0.05) is 0 Å². The molecule has 2 atom stereocenters. The molecule has 3 N–H and O–H groups in total. The highest BCUT2D eigenvalue weighted by molar-refractivity contribution is 7.09. The lowest BCUT2D eigenvalue weighted by atomic mass is 10.0. The summed E-state index contributed by atoms with van der Waals surface area (Å²) in [6.07, 6.45) is 2.29. The number of aryl methyl sites for hydroxylation is 1. The Kier molecular flexibility index (Phi) is 3.54. The van der Waals surface area contributed by atoms with Crippen molar-refractivity contribution >= 4 is 17.2 Å². The van der Waals surface area contributed by atoms with E-state index in [0.717, 1.165) is 22.1 Å². The highest BCUT2D eigenvalue weighted by atomic mass is 32.1. The molecule has 3 rings (SSSR count). The normalized spacial score (nSPS) is 19.4. The Morgan fingerprint density at radius 2 is 2.45 bits per heavy atom. The molecule has 1 aliphatic rings. The molecule has 106 valence electrons. The van der Waals surface area contributed by atoms with Crippen molar-refractivity contribution in [3.05, 3.63) is 33.8 Å². The first-order valence-electron chi connectivity index (χ1n) is 6.60. The van der Waals surface area contributed by atoms with Gasteiger partial charge in [0, 0.05) is 24.0 Å². The SMILES string of the molecule is Cc1csc(C(C)NC(=O)C2Cc3nc[nH]c3CN2)n1. The monoisotopic (exact) mass is 291 g/mol. The van der Waals surface area contributed by atoms with Crippen LogP contribution in [-0.4, -0.2) is 26.9 Å². The van der Waals surface area contributed by atoms with Crippen LogP contribution in [0.4, 0.5) is 0 Å². The fraction of sp³-hybridized carbons (Fsp3) is 0.462. The van der Waals surface area contributed by atoms with Crippen LogP contribution in [0.2, 0.25) is 0 Å². The molecule has 2 aromatic rings. The van der Waals surface area contributed by atoms with Crippen LogP contribution in [0.15, 0.2) is 11.7 Å². The van der Waals surface area contributed by atoms with Crippen molar-refractivity contribution in [1.29, 1.82) is 0 Å². The van der Waals surface area contributed by atoms with Crippen LogP contribution in [0.3, 0.4) is 0 Å². The van der Waals surface area contributed by atoms with Crippen molar-refractivity contribution in [3.63, 3.8) is 0 Å². The molecule has 1 aliphatic heterocycles. The summed E-state index contributed by atoms with van der Waals surface area (Å²) < 4.78 is 0. The summed E-state index contributed by atoms with van der Waals surface area (Å²) in [7, 11) is 0. The zero-order valence-electron chi connectivity index (χ0n) is 11.4. The Morgan fingerprint density at radius 3 is 3.20 bits per heavy atom. The number of aromatic amines is 1. The van der Waals surface area contributed by atoms with Crippen LogP contribution in [-0.2, 0) is 17.8 Å². The zero-order chi connectivity index (χ0) is 14.1. The summed E-state index contributed by atoms with van der Waals surface area (Å²) >= 11 is 1.57. The van der Waals surface area contributed by atoms with E-state index in [1.54, 1.807) is 17.7 Å². The van der Waals surface area contributed by atoms with E-state index in [4.69, 9.17) is 0 Å². The minimum atomic E-state index is -0.227. The number of hydrogen-bond donors (Lipinski definition) is 3. The van der Waals surface area contributed by atoms with Crippen molar-refractivity contribution in [2.24, 2.45) is 0 Å². The van der Waals surface area contributed by atoms with Crippen molar-refractivity contribution in [1.82, 2.24) is 25.6 Å². The average Bonchev–Trinajstić information content (AvgIpc) is 3.05.